The van der Waals surface area contributed by atoms with Crippen LogP contribution in [-0.2, 0) is 43.2 Å². The van der Waals surface area contributed by atoms with E-state index in [0.29, 0.717) is 0 Å². The van der Waals surface area contributed by atoms with E-state index in [1.807, 2.05) is 0 Å². The Morgan fingerprint density at radius 3 is 1.44 bits per heavy atom. The van der Waals surface area contributed by atoms with E-state index in [4.69, 9.17) is 40.1 Å². The van der Waals surface area contributed by atoms with E-state index in [2.05, 4.69) is 41.9 Å². The number of carbonyl (C=O) groups is 9. The van der Waals surface area contributed by atoms with Crippen LogP contribution in [0.3, 0.4) is 0 Å². The van der Waals surface area contributed by atoms with Crippen molar-refractivity contribution >= 4 is 65.1 Å². The molecule has 346 valence electrons. The highest BCUT2D eigenvalue weighted by atomic mass is 16.4. The first-order valence-electron chi connectivity index (χ1n) is 19.5. The van der Waals surface area contributed by atoms with Gasteiger partial charge in [0.05, 0.1) is 19.1 Å². The van der Waals surface area contributed by atoms with Gasteiger partial charge >= 0.3 is 5.97 Å². The number of nitrogens with one attached hydrogen (secondary N) is 6. The Labute approximate surface area is 353 Å². The summed E-state index contributed by atoms with van der Waals surface area (Å²) in [4.78, 5) is 123. The van der Waals surface area contributed by atoms with E-state index in [1.54, 1.807) is 27.7 Å². The molecule has 0 aliphatic heterocycles. The number of carboxylic acid groups (broad SMARTS) is 1. The van der Waals surface area contributed by atoms with Crippen molar-refractivity contribution in [3.05, 3.63) is 0 Å². The Bertz CT molecular complexity index is 1580. The van der Waals surface area contributed by atoms with Crippen LogP contribution in [0.15, 0.2) is 9.98 Å². The number of aliphatic carboxylic acids is 1. The maximum atomic E-state index is 13.6. The number of primary amides is 2. The summed E-state index contributed by atoms with van der Waals surface area (Å²) in [7, 11) is 0. The van der Waals surface area contributed by atoms with Crippen LogP contribution in [0.4, 0.5) is 0 Å². The van der Waals surface area contributed by atoms with Crippen molar-refractivity contribution < 1.29 is 53.4 Å². The van der Waals surface area contributed by atoms with Crippen molar-refractivity contribution in [1.29, 1.82) is 0 Å². The molecule has 8 amide bonds. The molecule has 0 heterocycles. The molecule has 0 rings (SSSR count). The molecule has 61 heavy (non-hydrogen) atoms. The number of carboxylic acids is 1. The molecule has 0 aromatic carbocycles. The molecule has 0 saturated heterocycles. The lowest BCUT2D eigenvalue weighted by molar-refractivity contribution is -0.143. The fraction of sp³-hybridized carbons (Fsp3) is 0.686. The number of guanidine groups is 2. The number of nitrogens with zero attached hydrogens (tertiary/aromatic N) is 2. The highest BCUT2D eigenvalue weighted by Gasteiger charge is 2.35. The smallest absolute Gasteiger partial charge is 0.326 e. The Morgan fingerprint density at radius 1 is 0.541 bits per heavy atom. The Hall–Kier alpha value is -6.31. The lowest BCUT2D eigenvalue weighted by Gasteiger charge is -2.28. The first kappa shape index (κ1) is 54.7. The minimum Gasteiger partial charge on any atom is -0.480 e. The molecule has 0 aliphatic rings. The Morgan fingerprint density at radius 2 is 0.984 bits per heavy atom. The van der Waals surface area contributed by atoms with E-state index in [0.717, 1.165) is 0 Å². The summed E-state index contributed by atoms with van der Waals surface area (Å²) in [6, 6.07) is -10.1. The third kappa shape index (κ3) is 23.2. The number of aliphatic hydroxyl groups is 1. The number of amides is 8. The third-order valence-corrected chi connectivity index (χ3v) is 8.62. The van der Waals surface area contributed by atoms with Crippen molar-refractivity contribution in [3.63, 3.8) is 0 Å². The minimum absolute atomic E-state index is 0.0123. The molecule has 7 atom stereocenters. The molecule has 26 nitrogen and oxygen atoms in total. The second-order valence-corrected chi connectivity index (χ2v) is 14.9. The number of aliphatic imine (C=N–C) groups is 2. The molecule has 0 fully saturated rings. The van der Waals surface area contributed by atoms with Crippen molar-refractivity contribution in [2.45, 2.75) is 121 Å². The summed E-state index contributed by atoms with van der Waals surface area (Å²) in [5.41, 5.74) is 37.6. The average Bonchev–Trinajstić information content (AvgIpc) is 3.15. The van der Waals surface area contributed by atoms with Gasteiger partial charge in [0, 0.05) is 19.5 Å². The van der Waals surface area contributed by atoms with Crippen molar-refractivity contribution in [2.75, 3.05) is 19.7 Å². The predicted molar refractivity (Wildman–Crippen MR) is 221 cm³/mol. The maximum Gasteiger partial charge on any atom is 0.326 e. The van der Waals surface area contributed by atoms with E-state index in [1.165, 1.54) is 0 Å². The van der Waals surface area contributed by atoms with Crippen LogP contribution >= 0.6 is 0 Å². The molecule has 0 bridgehead atoms. The van der Waals surface area contributed by atoms with Crippen LogP contribution in [0.2, 0.25) is 0 Å². The van der Waals surface area contributed by atoms with Gasteiger partial charge in [0.2, 0.25) is 47.3 Å². The summed E-state index contributed by atoms with van der Waals surface area (Å²) in [5.74, 6) is -10.1. The highest BCUT2D eigenvalue weighted by molar-refractivity contribution is 5.98. The number of nitrogens with two attached hydrogens (primary N) is 7. The molecule has 0 unspecified atom stereocenters. The number of rotatable bonds is 30. The van der Waals surface area contributed by atoms with Crippen molar-refractivity contribution in [3.8, 4) is 0 Å². The molecule has 0 aromatic heterocycles. The van der Waals surface area contributed by atoms with Crippen LogP contribution in [-0.4, -0.2) is 137 Å². The first-order chi connectivity index (χ1) is 28.4. The van der Waals surface area contributed by atoms with Gasteiger partial charge in [0.1, 0.15) is 36.3 Å². The van der Waals surface area contributed by atoms with Gasteiger partial charge in [0.15, 0.2) is 11.9 Å². The molecule has 0 aromatic rings. The summed E-state index contributed by atoms with van der Waals surface area (Å²) in [5, 5.41) is 34.0. The van der Waals surface area contributed by atoms with Crippen LogP contribution in [0.25, 0.3) is 0 Å². The van der Waals surface area contributed by atoms with Crippen molar-refractivity contribution in [1.82, 2.24) is 31.9 Å². The zero-order valence-electron chi connectivity index (χ0n) is 35.0. The summed E-state index contributed by atoms with van der Waals surface area (Å²) >= 11 is 0. The first-order valence-corrected chi connectivity index (χ1v) is 19.5. The topological polar surface area (TPSA) is 473 Å². The van der Waals surface area contributed by atoms with E-state index < -0.39 is 114 Å². The highest BCUT2D eigenvalue weighted by Crippen LogP contribution is 2.11. The fourth-order valence-electron chi connectivity index (χ4n) is 5.42. The minimum atomic E-state index is -1.77. The molecule has 0 aliphatic carbocycles. The predicted octanol–water partition coefficient (Wildman–Crippen LogP) is -6.75. The summed E-state index contributed by atoms with van der Waals surface area (Å²) in [6.07, 6.45) is -0.959. The normalized spacial score (nSPS) is 14.4. The lowest BCUT2D eigenvalue weighted by atomic mass is 9.99. The van der Waals surface area contributed by atoms with Gasteiger partial charge in [-0.15, -0.1) is 0 Å². The Kier molecular flexibility index (Phi) is 25.3. The van der Waals surface area contributed by atoms with E-state index >= 15 is 0 Å². The average molecular weight is 872 g/mol. The number of hydrogen-bond donors (Lipinski definition) is 15. The lowest BCUT2D eigenvalue weighted by Crippen LogP contribution is -2.61. The van der Waals surface area contributed by atoms with Crippen LogP contribution in [0.5, 0.6) is 0 Å². The fourth-order valence-corrected chi connectivity index (χ4v) is 5.42. The molecule has 0 spiro atoms. The van der Waals surface area contributed by atoms with Gasteiger partial charge < -0.3 is 82.2 Å². The SMILES string of the molecule is CC(C)C[C@H](NC(=O)[C@H](CC(N)=O)NC(=O)[C@H](CO)NC(=O)[C@H](CCCN=C(N)N)NC(=O)[C@@H](N)CCC(N)=O)C(=O)N[C@H](C(=O)N[C@@H](CCCN=C(N)N)C(=O)O)C(C)C. The standard InChI is InChI=1S/C35H65N15O11/c1-16(2)13-21(30(57)50-26(17(3)4)32(59)46-20(33(60)61)8-6-12-44-35(41)42)47-29(56)22(14-25(38)53)48-31(58)23(15-51)49-28(55)19(7-5-11-43-34(39)40)45-27(54)18(36)9-10-24(37)52/h16-23,26,51H,5-15,36H2,1-4H3,(H2,37,52)(H2,38,53)(H,45,54)(H,46,59)(H,47,56)(H,48,58)(H,49,55)(H,50,57)(H,60,61)(H4,39,40,43)(H4,41,42,44)/t18-,19-,20-,21-,22-,23-,26-/m0/s1. The molecule has 26 heteroatoms. The van der Waals surface area contributed by atoms with Crippen LogP contribution in [0, 0.1) is 11.8 Å². The largest absolute Gasteiger partial charge is 0.480 e. The van der Waals surface area contributed by atoms with Gasteiger partial charge in [-0.2, -0.15) is 0 Å². The monoisotopic (exact) mass is 871 g/mol. The molecular weight excluding hydrogens is 806 g/mol. The number of carbonyl (C=O) groups excluding carboxylic acids is 8. The maximum absolute atomic E-state index is 13.6. The second-order valence-electron chi connectivity index (χ2n) is 14.9. The summed E-state index contributed by atoms with van der Waals surface area (Å²) in [6.45, 7) is 5.74. The molecular formula is C35H65N15O11. The van der Waals surface area contributed by atoms with Crippen molar-refractivity contribution in [2.24, 2.45) is 62.0 Å². The van der Waals surface area contributed by atoms with Crippen LogP contribution < -0.4 is 72.0 Å². The zero-order chi connectivity index (χ0) is 47.0. The molecule has 0 saturated carbocycles. The third-order valence-electron chi connectivity index (χ3n) is 8.62. The Balaban J connectivity index is 6.17. The quantitative estimate of drug-likeness (QED) is 0.0181. The summed E-state index contributed by atoms with van der Waals surface area (Å²) < 4.78 is 0. The number of hydrogen-bond acceptors (Lipinski definition) is 13. The zero-order valence-corrected chi connectivity index (χ0v) is 35.0. The molecule has 22 N–H and O–H groups in total. The van der Waals surface area contributed by atoms with Gasteiger partial charge in [-0.05, 0) is 50.4 Å². The van der Waals surface area contributed by atoms with Gasteiger partial charge in [-0.1, -0.05) is 27.7 Å². The van der Waals surface area contributed by atoms with E-state index in [-0.39, 0.29) is 75.9 Å². The van der Waals surface area contributed by atoms with Gasteiger partial charge in [-0.3, -0.25) is 48.3 Å². The van der Waals surface area contributed by atoms with Gasteiger partial charge in [0.25, 0.3) is 0 Å². The second kappa shape index (κ2) is 28.2. The molecule has 0 radical (unpaired) electrons. The van der Waals surface area contributed by atoms with Gasteiger partial charge in [-0.25, -0.2) is 4.79 Å². The van der Waals surface area contributed by atoms with E-state index in [9.17, 15) is 53.4 Å². The number of aliphatic hydroxyl groups excluding tert-OH is 1. The van der Waals surface area contributed by atoms with Crippen LogP contribution in [0.1, 0.15) is 79.1 Å².